The van der Waals surface area contributed by atoms with Gasteiger partial charge in [0.1, 0.15) is 0 Å². The third kappa shape index (κ3) is 1.33. The number of carbonyl (C=O) groups excluding carboxylic acids is 4. The van der Waals surface area contributed by atoms with Crippen molar-refractivity contribution in [2.45, 2.75) is 37.8 Å². The van der Waals surface area contributed by atoms with Crippen LogP contribution in [0.3, 0.4) is 0 Å². The smallest absolute Gasteiger partial charge is 0.318 e. The minimum Gasteiger partial charge on any atom is -0.318 e. The summed E-state index contributed by atoms with van der Waals surface area (Å²) >= 11 is 0. The Morgan fingerprint density at radius 1 is 0.708 bits per heavy atom. The van der Waals surface area contributed by atoms with Gasteiger partial charge in [-0.3, -0.25) is 19.4 Å². The zero-order chi connectivity index (χ0) is 18.2. The van der Waals surface area contributed by atoms with E-state index in [1.165, 1.54) is 14.1 Å². The Morgan fingerprint density at radius 3 is 1.25 bits per heavy atom. The van der Waals surface area contributed by atoms with E-state index in [0.717, 1.165) is 9.80 Å². The molecule has 0 aromatic rings. The number of carbonyl (C=O) groups is 4. The number of amides is 6. The van der Waals surface area contributed by atoms with E-state index in [9.17, 15) is 19.2 Å². The predicted molar refractivity (Wildman–Crippen MR) is 84.9 cm³/mol. The summed E-state index contributed by atoms with van der Waals surface area (Å²) in [6.07, 6.45) is 0.997. The van der Waals surface area contributed by atoms with Gasteiger partial charge in [-0.05, 0) is 12.8 Å². The fourth-order valence-electron chi connectivity index (χ4n) is 5.61. The van der Waals surface area contributed by atoms with Crippen molar-refractivity contribution in [1.82, 2.24) is 19.6 Å². The van der Waals surface area contributed by atoms with E-state index in [4.69, 9.17) is 0 Å². The van der Waals surface area contributed by atoms with Crippen molar-refractivity contribution in [3.63, 3.8) is 0 Å². The minimum atomic E-state index is -0.853. The summed E-state index contributed by atoms with van der Waals surface area (Å²) in [5.74, 6) is -1.92. The van der Waals surface area contributed by atoms with Crippen LogP contribution in [0.15, 0.2) is 0 Å². The lowest BCUT2D eigenvalue weighted by atomic mass is 9.41. The molecule has 0 unspecified atom stereocenters. The molecule has 8 nitrogen and oxygen atoms in total. The molecular formula is C16H24N4O4. The van der Waals surface area contributed by atoms with Crippen LogP contribution in [0.5, 0.6) is 0 Å². The predicted octanol–water partition coefficient (Wildman–Crippen LogP) is 0.578. The highest BCUT2D eigenvalue weighted by Crippen LogP contribution is 2.65. The zero-order valence-corrected chi connectivity index (χ0v) is 15.0. The van der Waals surface area contributed by atoms with Gasteiger partial charge in [-0.15, -0.1) is 0 Å². The molecule has 3 fully saturated rings. The van der Waals surface area contributed by atoms with Crippen molar-refractivity contribution in [2.24, 2.45) is 11.8 Å². The van der Waals surface area contributed by atoms with Gasteiger partial charge in [-0.25, -0.2) is 9.59 Å². The van der Waals surface area contributed by atoms with Gasteiger partial charge in [-0.1, -0.05) is 13.8 Å². The number of likely N-dealkylation sites (N-methyl/N-ethyl adjacent to an activating group) is 2. The second-order valence-electron chi connectivity index (χ2n) is 6.99. The lowest BCUT2D eigenvalue weighted by Gasteiger charge is -2.75. The number of urea groups is 2. The maximum atomic E-state index is 12.9. The van der Waals surface area contributed by atoms with Gasteiger partial charge in [0.2, 0.25) is 11.8 Å². The van der Waals surface area contributed by atoms with Crippen molar-refractivity contribution in [3.05, 3.63) is 0 Å². The molecule has 1 aliphatic carbocycles. The molecule has 3 aliphatic rings. The summed E-state index contributed by atoms with van der Waals surface area (Å²) in [7, 11) is 6.21. The number of hydrogen-bond donors (Lipinski definition) is 0. The Bertz CT molecular complexity index is 608. The maximum absolute atomic E-state index is 12.9. The van der Waals surface area contributed by atoms with Gasteiger partial charge in [0, 0.05) is 28.2 Å². The molecule has 0 radical (unpaired) electrons. The van der Waals surface area contributed by atoms with E-state index < -0.39 is 35.0 Å². The molecule has 132 valence electrons. The van der Waals surface area contributed by atoms with E-state index in [2.05, 4.69) is 0 Å². The first-order chi connectivity index (χ1) is 11.1. The molecule has 0 aromatic carbocycles. The van der Waals surface area contributed by atoms with Gasteiger partial charge >= 0.3 is 12.1 Å². The Labute approximate surface area is 141 Å². The zero-order valence-electron chi connectivity index (χ0n) is 15.0. The van der Waals surface area contributed by atoms with Crippen molar-refractivity contribution >= 4 is 23.9 Å². The molecule has 2 aliphatic heterocycles. The van der Waals surface area contributed by atoms with Gasteiger partial charge in [0.15, 0.2) is 0 Å². The lowest BCUT2D eigenvalue weighted by molar-refractivity contribution is -0.233. The lowest BCUT2D eigenvalue weighted by Crippen LogP contribution is -2.94. The second kappa shape index (κ2) is 4.70. The molecule has 2 saturated heterocycles. The number of fused-ring (bicyclic) bond motifs is 4. The van der Waals surface area contributed by atoms with E-state index in [1.54, 1.807) is 23.9 Å². The summed E-state index contributed by atoms with van der Waals surface area (Å²) in [4.78, 5) is 56.2. The normalized spacial score (nSPS) is 39.1. The number of rotatable bonds is 2. The number of nitrogens with zero attached hydrogens (tertiary/aromatic N) is 4. The average molecular weight is 336 g/mol. The maximum Gasteiger partial charge on any atom is 0.326 e. The molecular weight excluding hydrogens is 312 g/mol. The molecule has 1 saturated carbocycles. The van der Waals surface area contributed by atoms with Crippen LogP contribution in [-0.4, -0.2) is 82.7 Å². The van der Waals surface area contributed by atoms with E-state index in [0.29, 0.717) is 12.8 Å². The van der Waals surface area contributed by atoms with Crippen LogP contribution >= 0.6 is 0 Å². The molecule has 6 amide bonds. The third-order valence-electron chi connectivity index (χ3n) is 6.73. The number of imide groups is 2. The third-order valence-corrected chi connectivity index (χ3v) is 6.73. The quantitative estimate of drug-likeness (QED) is 0.738. The highest BCUT2D eigenvalue weighted by molar-refractivity contribution is 6.08. The van der Waals surface area contributed by atoms with Crippen LogP contribution in [-0.2, 0) is 9.59 Å². The van der Waals surface area contributed by atoms with Crippen molar-refractivity contribution in [1.29, 1.82) is 0 Å². The fourth-order valence-corrected chi connectivity index (χ4v) is 5.61. The molecule has 0 bridgehead atoms. The van der Waals surface area contributed by atoms with Crippen LogP contribution in [0.25, 0.3) is 0 Å². The summed E-state index contributed by atoms with van der Waals surface area (Å²) in [5.41, 5.74) is -1.71. The molecule has 2 heterocycles. The topological polar surface area (TPSA) is 81.2 Å². The van der Waals surface area contributed by atoms with Crippen molar-refractivity contribution in [3.8, 4) is 0 Å². The number of hydrogen-bond acceptors (Lipinski definition) is 4. The highest BCUT2D eigenvalue weighted by Gasteiger charge is 2.82. The van der Waals surface area contributed by atoms with Crippen LogP contribution < -0.4 is 0 Å². The fraction of sp³-hybridized carbons (Fsp3) is 0.750. The first-order valence-corrected chi connectivity index (χ1v) is 8.25. The average Bonchev–Trinajstić information content (AvgIpc) is 2.56. The van der Waals surface area contributed by atoms with Crippen LogP contribution in [0, 0.1) is 11.8 Å². The van der Waals surface area contributed by atoms with Crippen LogP contribution in [0.2, 0.25) is 0 Å². The summed E-state index contributed by atoms with van der Waals surface area (Å²) < 4.78 is 0. The van der Waals surface area contributed by atoms with Gasteiger partial charge in [0.25, 0.3) is 0 Å². The molecule has 8 heteroatoms. The van der Waals surface area contributed by atoms with Gasteiger partial charge < -0.3 is 9.80 Å². The largest absolute Gasteiger partial charge is 0.326 e. The van der Waals surface area contributed by atoms with Gasteiger partial charge in [0.05, 0.1) is 22.9 Å². The Balaban J connectivity index is 2.27. The van der Waals surface area contributed by atoms with E-state index in [-0.39, 0.29) is 11.8 Å². The van der Waals surface area contributed by atoms with E-state index in [1.807, 2.05) is 13.8 Å². The monoisotopic (exact) mass is 336 g/mol. The van der Waals surface area contributed by atoms with Crippen molar-refractivity contribution < 1.29 is 19.2 Å². The Kier molecular flexibility index (Phi) is 3.28. The van der Waals surface area contributed by atoms with Crippen molar-refractivity contribution in [2.75, 3.05) is 28.2 Å². The van der Waals surface area contributed by atoms with Gasteiger partial charge in [-0.2, -0.15) is 0 Å². The molecule has 0 spiro atoms. The SMILES string of the molecule is CC[C@]12[C@H](C(=O)N(C)C(=O)N1C)[C@@H]1C(=O)N(C)C(=O)N(C)[C@@]12CC. The molecule has 24 heavy (non-hydrogen) atoms. The van der Waals surface area contributed by atoms with E-state index >= 15 is 0 Å². The first-order valence-electron chi connectivity index (χ1n) is 8.25. The molecule has 4 atom stereocenters. The summed E-state index contributed by atoms with van der Waals surface area (Å²) in [5, 5.41) is 0. The Morgan fingerprint density at radius 2 is 1.00 bits per heavy atom. The first kappa shape index (κ1) is 16.7. The van der Waals surface area contributed by atoms with Crippen LogP contribution in [0.1, 0.15) is 26.7 Å². The van der Waals surface area contributed by atoms with Crippen LogP contribution in [0.4, 0.5) is 9.59 Å². The summed E-state index contributed by atoms with van der Waals surface area (Å²) in [6, 6.07) is -0.784. The minimum absolute atomic E-state index is 0.335. The molecule has 3 rings (SSSR count). The second-order valence-corrected chi connectivity index (χ2v) is 6.99. The highest BCUT2D eigenvalue weighted by atomic mass is 16.2. The Hall–Kier alpha value is -2.12. The standard InChI is InChI=1S/C16H24N4O4/c1-7-15-9(11(21)17(3)13(23)19(15)5)10-12(22)18(4)14(24)20(6)16(10,15)8-2/h9-10H,7-8H2,1-6H3/t9-,10+,15+,16-. The summed E-state index contributed by atoms with van der Waals surface area (Å²) in [6.45, 7) is 3.81. The molecule has 0 N–H and O–H groups in total. The molecule has 0 aromatic heterocycles.